The topological polar surface area (TPSA) is 52.9 Å². The van der Waals surface area contributed by atoms with E-state index in [1.807, 2.05) is 36.4 Å². The summed E-state index contributed by atoms with van der Waals surface area (Å²) >= 11 is 0. The Morgan fingerprint density at radius 1 is 1.41 bits per heavy atom. The van der Waals surface area contributed by atoms with Crippen molar-refractivity contribution in [1.82, 2.24) is 5.32 Å². The van der Waals surface area contributed by atoms with Crippen molar-refractivity contribution in [3.8, 4) is 6.07 Å². The second-order valence-electron chi connectivity index (χ2n) is 3.75. The van der Waals surface area contributed by atoms with Crippen LogP contribution >= 0.6 is 0 Å². The van der Waals surface area contributed by atoms with Crippen molar-refractivity contribution in [2.24, 2.45) is 0 Å². The van der Waals surface area contributed by atoms with Gasteiger partial charge >= 0.3 is 0 Å². The quantitative estimate of drug-likeness (QED) is 0.786. The molecule has 0 radical (unpaired) electrons. The molecule has 0 aliphatic rings. The number of carbonyl (C=O) groups is 1. The van der Waals surface area contributed by atoms with Crippen LogP contribution < -0.4 is 5.32 Å². The Labute approximate surface area is 102 Å². The number of nitrogens with zero attached hydrogens (tertiary/aromatic N) is 1. The predicted octanol–water partition coefficient (Wildman–Crippen LogP) is 2.29. The van der Waals surface area contributed by atoms with Gasteiger partial charge in [0.05, 0.1) is 12.5 Å². The molecule has 1 amide bonds. The number of rotatable bonds is 5. The first-order chi connectivity index (χ1) is 8.22. The molecule has 3 nitrogen and oxygen atoms in total. The van der Waals surface area contributed by atoms with E-state index < -0.39 is 0 Å². The molecule has 0 aliphatic carbocycles. The van der Waals surface area contributed by atoms with Gasteiger partial charge < -0.3 is 5.32 Å². The van der Waals surface area contributed by atoms with Crippen molar-refractivity contribution >= 4 is 12.0 Å². The number of benzene rings is 1. The van der Waals surface area contributed by atoms with Gasteiger partial charge in [-0.15, -0.1) is 0 Å². The zero-order valence-corrected chi connectivity index (χ0v) is 9.94. The molecule has 0 atom stereocenters. The Balaban J connectivity index is 2.38. The fraction of sp³-hybridized carbons (Fsp3) is 0.286. The number of carbonyl (C=O) groups excluding carboxylic acids is 1. The molecule has 17 heavy (non-hydrogen) atoms. The minimum Gasteiger partial charge on any atom is -0.356 e. The predicted molar refractivity (Wildman–Crippen MR) is 68.1 cm³/mol. The van der Waals surface area contributed by atoms with Crippen LogP contribution in [0.2, 0.25) is 0 Å². The minimum atomic E-state index is -0.000689. The summed E-state index contributed by atoms with van der Waals surface area (Å²) in [5.41, 5.74) is 2.14. The molecule has 0 saturated heterocycles. The molecule has 0 fully saturated rings. The van der Waals surface area contributed by atoms with Gasteiger partial charge in [0.15, 0.2) is 0 Å². The van der Waals surface area contributed by atoms with Crippen LogP contribution in [0.15, 0.2) is 30.3 Å². The van der Waals surface area contributed by atoms with Crippen LogP contribution in [0.5, 0.6) is 0 Å². The lowest BCUT2D eigenvalue weighted by molar-refractivity contribution is -0.118. The molecular weight excluding hydrogens is 212 g/mol. The van der Waals surface area contributed by atoms with E-state index >= 15 is 0 Å². The second kappa shape index (κ2) is 7.24. The first kappa shape index (κ1) is 13.0. The molecule has 1 rings (SSSR count). The largest absolute Gasteiger partial charge is 0.356 e. The van der Waals surface area contributed by atoms with E-state index in [4.69, 9.17) is 5.26 Å². The average Bonchev–Trinajstić information content (AvgIpc) is 2.31. The Morgan fingerprint density at radius 3 is 2.71 bits per heavy atom. The van der Waals surface area contributed by atoms with Crippen molar-refractivity contribution in [2.45, 2.75) is 19.8 Å². The monoisotopic (exact) mass is 228 g/mol. The summed E-state index contributed by atoms with van der Waals surface area (Å²) in [7, 11) is 0. The van der Waals surface area contributed by atoms with Gasteiger partial charge in [-0.25, -0.2) is 0 Å². The molecule has 0 saturated carbocycles. The fourth-order valence-corrected chi connectivity index (χ4v) is 1.39. The highest BCUT2D eigenvalue weighted by atomic mass is 16.1. The number of nitriles is 1. The third kappa shape index (κ3) is 5.53. The van der Waals surface area contributed by atoms with E-state index in [0.717, 1.165) is 17.5 Å². The van der Waals surface area contributed by atoms with E-state index in [1.54, 1.807) is 0 Å². The van der Waals surface area contributed by atoms with Gasteiger partial charge in [0, 0.05) is 13.5 Å². The van der Waals surface area contributed by atoms with E-state index in [1.165, 1.54) is 6.92 Å². The van der Waals surface area contributed by atoms with Crippen molar-refractivity contribution in [1.29, 1.82) is 5.26 Å². The molecule has 3 heteroatoms. The fourth-order valence-electron chi connectivity index (χ4n) is 1.39. The standard InChI is InChI=1S/C14H16N2O/c1-12(17)16-11-3-2-4-13-5-7-14(8-6-13)9-10-15/h2,4-8H,3,9,11H2,1H3,(H,16,17). The summed E-state index contributed by atoms with van der Waals surface area (Å²) in [6.45, 7) is 2.18. The summed E-state index contributed by atoms with van der Waals surface area (Å²) in [6.07, 6.45) is 5.30. The summed E-state index contributed by atoms with van der Waals surface area (Å²) < 4.78 is 0. The molecule has 0 bridgehead atoms. The molecule has 1 N–H and O–H groups in total. The lowest BCUT2D eigenvalue weighted by Crippen LogP contribution is -2.20. The maximum absolute atomic E-state index is 10.6. The number of nitrogens with one attached hydrogen (secondary N) is 1. The highest BCUT2D eigenvalue weighted by Crippen LogP contribution is 2.06. The highest BCUT2D eigenvalue weighted by molar-refractivity contribution is 5.72. The molecular formula is C14H16N2O. The SMILES string of the molecule is CC(=O)NCCC=Cc1ccc(CC#N)cc1. The third-order valence-corrected chi connectivity index (χ3v) is 2.26. The first-order valence-corrected chi connectivity index (χ1v) is 5.59. The van der Waals surface area contributed by atoms with E-state index in [0.29, 0.717) is 13.0 Å². The lowest BCUT2D eigenvalue weighted by atomic mass is 10.1. The molecule has 0 heterocycles. The second-order valence-corrected chi connectivity index (χ2v) is 3.75. The zero-order valence-electron chi connectivity index (χ0n) is 9.94. The van der Waals surface area contributed by atoms with Gasteiger partial charge in [-0.3, -0.25) is 4.79 Å². The van der Waals surface area contributed by atoms with Crippen molar-refractivity contribution in [3.05, 3.63) is 41.5 Å². The third-order valence-electron chi connectivity index (χ3n) is 2.26. The highest BCUT2D eigenvalue weighted by Gasteiger charge is 1.91. The van der Waals surface area contributed by atoms with Gasteiger partial charge in [0.1, 0.15) is 0 Å². The van der Waals surface area contributed by atoms with Gasteiger partial charge in [0.2, 0.25) is 5.91 Å². The molecule has 1 aromatic carbocycles. The smallest absolute Gasteiger partial charge is 0.216 e. The van der Waals surface area contributed by atoms with E-state index in [9.17, 15) is 4.79 Å². The van der Waals surface area contributed by atoms with Crippen molar-refractivity contribution in [2.75, 3.05) is 6.54 Å². The lowest BCUT2D eigenvalue weighted by Gasteiger charge is -1.98. The van der Waals surface area contributed by atoms with Gasteiger partial charge in [-0.05, 0) is 17.5 Å². The van der Waals surface area contributed by atoms with Crippen LogP contribution in [-0.4, -0.2) is 12.5 Å². The number of amides is 1. The molecule has 0 spiro atoms. The average molecular weight is 228 g/mol. The van der Waals surface area contributed by atoms with E-state index in [-0.39, 0.29) is 5.91 Å². The summed E-state index contributed by atoms with van der Waals surface area (Å²) in [5, 5.41) is 11.3. The maximum atomic E-state index is 10.6. The van der Waals surface area contributed by atoms with Crippen molar-refractivity contribution in [3.63, 3.8) is 0 Å². The van der Waals surface area contributed by atoms with Crippen LogP contribution in [0, 0.1) is 11.3 Å². The summed E-state index contributed by atoms with van der Waals surface area (Å²) in [5.74, 6) is -0.000689. The molecule has 0 unspecified atom stereocenters. The van der Waals surface area contributed by atoms with Crippen LogP contribution in [0.1, 0.15) is 24.5 Å². The number of hydrogen-bond acceptors (Lipinski definition) is 2. The van der Waals surface area contributed by atoms with Gasteiger partial charge in [0.25, 0.3) is 0 Å². The Bertz CT molecular complexity index is 427. The molecule has 1 aromatic rings. The molecule has 0 aliphatic heterocycles. The Hall–Kier alpha value is -2.08. The Kier molecular flexibility index (Phi) is 5.53. The summed E-state index contributed by atoms with van der Waals surface area (Å²) in [6, 6.07) is 10.0. The normalized spacial score (nSPS) is 10.1. The molecule has 88 valence electrons. The van der Waals surface area contributed by atoms with Crippen molar-refractivity contribution < 1.29 is 4.79 Å². The van der Waals surface area contributed by atoms with Crippen LogP contribution in [0.25, 0.3) is 6.08 Å². The minimum absolute atomic E-state index is 0.000689. The summed E-state index contributed by atoms with van der Waals surface area (Å²) in [4.78, 5) is 10.6. The number of hydrogen-bond donors (Lipinski definition) is 1. The molecule has 0 aromatic heterocycles. The first-order valence-electron chi connectivity index (χ1n) is 5.59. The van der Waals surface area contributed by atoms with Gasteiger partial charge in [-0.1, -0.05) is 36.4 Å². The van der Waals surface area contributed by atoms with Gasteiger partial charge in [-0.2, -0.15) is 5.26 Å². The van der Waals surface area contributed by atoms with Crippen LogP contribution in [0.4, 0.5) is 0 Å². The van der Waals surface area contributed by atoms with E-state index in [2.05, 4.69) is 11.4 Å². The van der Waals surface area contributed by atoms with Crippen LogP contribution in [-0.2, 0) is 11.2 Å². The maximum Gasteiger partial charge on any atom is 0.216 e. The Morgan fingerprint density at radius 2 is 2.12 bits per heavy atom. The van der Waals surface area contributed by atoms with Crippen LogP contribution in [0.3, 0.4) is 0 Å². The zero-order chi connectivity index (χ0) is 12.5.